The highest BCUT2D eigenvalue weighted by Crippen LogP contribution is 2.14. The van der Waals surface area contributed by atoms with Crippen LogP contribution in [0.3, 0.4) is 0 Å². The normalized spacial score (nSPS) is 19.1. The number of nitrogens with zero attached hydrogens (tertiary/aromatic N) is 4. The summed E-state index contributed by atoms with van der Waals surface area (Å²) in [7, 11) is 0. The Hall–Kier alpha value is -3.40. The highest BCUT2D eigenvalue weighted by molar-refractivity contribution is 5.82. The highest BCUT2D eigenvalue weighted by Gasteiger charge is 2.22. The largest absolute Gasteiger partial charge is 0.465 e. The molecule has 0 saturated carbocycles. The van der Waals surface area contributed by atoms with Crippen molar-refractivity contribution in [2.45, 2.75) is 32.0 Å². The lowest BCUT2D eigenvalue weighted by atomic mass is 10.0. The minimum absolute atomic E-state index is 0.0117. The summed E-state index contributed by atoms with van der Waals surface area (Å²) in [5.41, 5.74) is 0.362. The van der Waals surface area contributed by atoms with Crippen LogP contribution in [0.2, 0.25) is 0 Å². The number of para-hydroxylation sites is 1. The second-order valence-electron chi connectivity index (χ2n) is 8.12. The number of fused-ring (bicyclic) bond motifs is 1. The number of hydrogen-bond acceptors (Lipinski definition) is 6. The first kappa shape index (κ1) is 21.8. The summed E-state index contributed by atoms with van der Waals surface area (Å²) < 4.78 is 1.52. The third kappa shape index (κ3) is 5.08. The van der Waals surface area contributed by atoms with Gasteiger partial charge < -0.3 is 20.6 Å². The molecule has 1 aliphatic carbocycles. The van der Waals surface area contributed by atoms with Crippen molar-refractivity contribution in [1.29, 1.82) is 0 Å². The predicted molar refractivity (Wildman–Crippen MR) is 121 cm³/mol. The molecule has 0 spiro atoms. The number of amides is 2. The number of allylic oxidation sites excluding steroid dienone is 1. The highest BCUT2D eigenvalue weighted by atomic mass is 16.4. The Balaban J connectivity index is 1.50. The summed E-state index contributed by atoms with van der Waals surface area (Å²) in [6.07, 6.45) is 5.97. The second-order valence-corrected chi connectivity index (χ2v) is 8.12. The summed E-state index contributed by atoms with van der Waals surface area (Å²) >= 11 is 0. The van der Waals surface area contributed by atoms with Crippen LogP contribution in [0.5, 0.6) is 0 Å². The minimum Gasteiger partial charge on any atom is -0.465 e. The molecule has 1 saturated heterocycles. The van der Waals surface area contributed by atoms with Crippen LogP contribution in [0, 0.1) is 0 Å². The SMILES string of the molecule is O=C(CNc1nc2ccccc2c(=O)n1CN1CCN(C(=O)O)CC1)NC1CC=CCC1. The third-order valence-electron chi connectivity index (χ3n) is 5.89. The maximum absolute atomic E-state index is 13.2. The molecule has 1 fully saturated rings. The van der Waals surface area contributed by atoms with Crippen LogP contribution in [0.25, 0.3) is 10.9 Å². The summed E-state index contributed by atoms with van der Waals surface area (Å²) in [6, 6.07) is 7.24. The van der Waals surface area contributed by atoms with E-state index in [0.717, 1.165) is 19.3 Å². The van der Waals surface area contributed by atoms with Crippen molar-refractivity contribution in [3.8, 4) is 0 Å². The number of carboxylic acid groups (broad SMARTS) is 1. The van der Waals surface area contributed by atoms with Crippen molar-refractivity contribution >= 4 is 28.9 Å². The standard InChI is InChI=1S/C22H28N6O4/c29-19(24-16-6-2-1-3-7-16)14-23-21-25-18-9-5-4-8-17(18)20(30)28(21)15-26-10-12-27(13-11-26)22(31)32/h1-2,4-5,8-9,16H,3,6-7,10-15H2,(H,23,25)(H,24,29)(H,31,32). The zero-order valence-corrected chi connectivity index (χ0v) is 17.9. The molecule has 2 aromatic rings. The molecule has 0 radical (unpaired) electrons. The summed E-state index contributed by atoms with van der Waals surface area (Å²) in [5, 5.41) is 15.7. The zero-order valence-electron chi connectivity index (χ0n) is 17.9. The Morgan fingerprint density at radius 3 is 2.62 bits per heavy atom. The Labute approximate surface area is 185 Å². The molecule has 1 aromatic carbocycles. The maximum atomic E-state index is 13.2. The molecule has 3 N–H and O–H groups in total. The predicted octanol–water partition coefficient (Wildman–Crippen LogP) is 1.29. The lowest BCUT2D eigenvalue weighted by Crippen LogP contribution is -2.49. The van der Waals surface area contributed by atoms with Crippen LogP contribution in [0.15, 0.2) is 41.2 Å². The van der Waals surface area contributed by atoms with Gasteiger partial charge in [-0.15, -0.1) is 0 Å². The second kappa shape index (κ2) is 9.82. The van der Waals surface area contributed by atoms with Gasteiger partial charge in [-0.1, -0.05) is 24.3 Å². The molecule has 10 heteroatoms. The van der Waals surface area contributed by atoms with Crippen LogP contribution < -0.4 is 16.2 Å². The molecular weight excluding hydrogens is 412 g/mol. The van der Waals surface area contributed by atoms with Gasteiger partial charge in [-0.2, -0.15) is 0 Å². The van der Waals surface area contributed by atoms with E-state index in [1.54, 1.807) is 18.2 Å². The van der Waals surface area contributed by atoms with Gasteiger partial charge >= 0.3 is 6.09 Å². The van der Waals surface area contributed by atoms with Crippen LogP contribution in [-0.4, -0.2) is 75.2 Å². The van der Waals surface area contributed by atoms with Gasteiger partial charge in [0.1, 0.15) is 0 Å². The molecule has 1 unspecified atom stereocenters. The van der Waals surface area contributed by atoms with E-state index in [9.17, 15) is 14.4 Å². The number of carbonyl (C=O) groups is 2. The molecule has 4 rings (SSSR count). The Kier molecular flexibility index (Phi) is 6.69. The van der Waals surface area contributed by atoms with Crippen molar-refractivity contribution in [3.05, 3.63) is 46.8 Å². The summed E-state index contributed by atoms with van der Waals surface area (Å²) in [5.74, 6) is 0.183. The number of benzene rings is 1. The molecule has 0 bridgehead atoms. The molecule has 2 heterocycles. The van der Waals surface area contributed by atoms with Crippen molar-refractivity contribution in [1.82, 2.24) is 24.7 Å². The molecule has 2 aliphatic rings. The van der Waals surface area contributed by atoms with Crippen molar-refractivity contribution in [3.63, 3.8) is 0 Å². The average molecular weight is 441 g/mol. The van der Waals surface area contributed by atoms with Crippen LogP contribution in [-0.2, 0) is 11.5 Å². The van der Waals surface area contributed by atoms with Crippen LogP contribution >= 0.6 is 0 Å². The fourth-order valence-corrected chi connectivity index (χ4v) is 4.08. The average Bonchev–Trinajstić information content (AvgIpc) is 2.81. The van der Waals surface area contributed by atoms with Gasteiger partial charge in [0.2, 0.25) is 11.9 Å². The van der Waals surface area contributed by atoms with E-state index in [1.807, 2.05) is 11.0 Å². The van der Waals surface area contributed by atoms with E-state index >= 15 is 0 Å². The summed E-state index contributed by atoms with van der Waals surface area (Å²) in [6.45, 7) is 2.07. The molecule has 170 valence electrons. The van der Waals surface area contributed by atoms with E-state index in [1.165, 1.54) is 9.47 Å². The van der Waals surface area contributed by atoms with E-state index in [2.05, 4.69) is 27.8 Å². The zero-order chi connectivity index (χ0) is 22.5. The minimum atomic E-state index is -0.934. The number of piperazine rings is 1. The number of carbonyl (C=O) groups excluding carboxylic acids is 1. The molecular formula is C22H28N6O4. The van der Waals surface area contributed by atoms with E-state index < -0.39 is 6.09 Å². The Morgan fingerprint density at radius 2 is 1.91 bits per heavy atom. The molecule has 10 nitrogen and oxygen atoms in total. The van der Waals surface area contributed by atoms with Crippen LogP contribution in [0.1, 0.15) is 19.3 Å². The van der Waals surface area contributed by atoms with Gasteiger partial charge in [-0.05, 0) is 31.4 Å². The van der Waals surface area contributed by atoms with Crippen molar-refractivity contribution in [2.24, 2.45) is 0 Å². The number of nitrogens with one attached hydrogen (secondary N) is 2. The van der Waals surface area contributed by atoms with Crippen molar-refractivity contribution < 1.29 is 14.7 Å². The Morgan fingerprint density at radius 1 is 1.12 bits per heavy atom. The number of aromatic nitrogens is 2. The van der Waals surface area contributed by atoms with Gasteiger partial charge in [0.05, 0.1) is 24.1 Å². The Bertz CT molecular complexity index is 1070. The number of anilines is 1. The quantitative estimate of drug-likeness (QED) is 0.579. The smallest absolute Gasteiger partial charge is 0.407 e. The van der Waals surface area contributed by atoms with Gasteiger partial charge in [0.15, 0.2) is 0 Å². The first-order valence-corrected chi connectivity index (χ1v) is 10.9. The fraction of sp³-hybridized carbons (Fsp3) is 0.455. The molecule has 2 amide bonds. The first-order valence-electron chi connectivity index (χ1n) is 10.9. The van der Waals surface area contributed by atoms with Crippen molar-refractivity contribution in [2.75, 3.05) is 38.0 Å². The van der Waals surface area contributed by atoms with Crippen LogP contribution in [0.4, 0.5) is 10.7 Å². The lowest BCUT2D eigenvalue weighted by molar-refractivity contribution is -0.120. The lowest BCUT2D eigenvalue weighted by Gasteiger charge is -2.33. The van der Waals surface area contributed by atoms with Gasteiger partial charge in [0.25, 0.3) is 5.56 Å². The van der Waals surface area contributed by atoms with Gasteiger partial charge in [-0.3, -0.25) is 19.1 Å². The fourth-order valence-electron chi connectivity index (χ4n) is 4.08. The molecule has 1 atom stereocenters. The summed E-state index contributed by atoms with van der Waals surface area (Å²) in [4.78, 5) is 44.8. The number of hydrogen-bond donors (Lipinski definition) is 3. The molecule has 1 aromatic heterocycles. The molecule has 1 aliphatic heterocycles. The number of rotatable bonds is 6. The topological polar surface area (TPSA) is 120 Å². The maximum Gasteiger partial charge on any atom is 0.407 e. The van der Waals surface area contributed by atoms with E-state index in [-0.39, 0.29) is 30.7 Å². The van der Waals surface area contributed by atoms with E-state index in [4.69, 9.17) is 5.11 Å². The van der Waals surface area contributed by atoms with Gasteiger partial charge in [-0.25, -0.2) is 9.78 Å². The van der Waals surface area contributed by atoms with Gasteiger partial charge in [0, 0.05) is 32.2 Å². The van der Waals surface area contributed by atoms with E-state index in [0.29, 0.717) is 43.0 Å². The first-order chi connectivity index (χ1) is 15.5. The molecule has 32 heavy (non-hydrogen) atoms. The monoisotopic (exact) mass is 440 g/mol. The third-order valence-corrected chi connectivity index (χ3v) is 5.89.